The molecule has 0 aromatic carbocycles. The number of hydrogen-bond donors (Lipinski definition) is 2. The van der Waals surface area contributed by atoms with Crippen LogP contribution in [-0.2, 0) is 11.3 Å². The Hall–Kier alpha value is -1.63. The summed E-state index contributed by atoms with van der Waals surface area (Å²) in [7, 11) is 3.31. The lowest BCUT2D eigenvalue weighted by atomic mass is 10.1. The fourth-order valence-corrected chi connectivity index (χ4v) is 1.17. The molecule has 0 aliphatic heterocycles. The molecule has 0 saturated heterocycles. The summed E-state index contributed by atoms with van der Waals surface area (Å²) in [4.78, 5) is 12.8. The van der Waals surface area contributed by atoms with E-state index in [4.69, 9.17) is 4.42 Å². The van der Waals surface area contributed by atoms with E-state index in [-0.39, 0.29) is 18.0 Å². The zero-order valence-electron chi connectivity index (χ0n) is 11.6. The predicted molar refractivity (Wildman–Crippen MR) is 68.2 cm³/mol. The van der Waals surface area contributed by atoms with Gasteiger partial charge in [-0.3, -0.25) is 4.79 Å². The monoisotopic (exact) mass is 255 g/mol. The van der Waals surface area contributed by atoms with Gasteiger partial charge in [-0.1, -0.05) is 5.10 Å². The third kappa shape index (κ3) is 4.70. The van der Waals surface area contributed by atoms with E-state index in [1.165, 1.54) is 0 Å². The van der Waals surface area contributed by atoms with Gasteiger partial charge in [0.25, 0.3) is 0 Å². The third-order valence-electron chi connectivity index (χ3n) is 2.21. The maximum Gasteiger partial charge on any atom is 0.318 e. The number of rotatable bonds is 5. The predicted octanol–water partition coefficient (Wildman–Crippen LogP) is 0.140. The van der Waals surface area contributed by atoms with E-state index in [0.717, 1.165) is 0 Å². The van der Waals surface area contributed by atoms with E-state index in [9.17, 15) is 4.79 Å². The molecule has 1 heterocycles. The Morgan fingerprint density at radius 1 is 1.39 bits per heavy atom. The van der Waals surface area contributed by atoms with Gasteiger partial charge in [-0.15, -0.1) is 5.10 Å². The molecule has 0 atom stereocenters. The number of nitrogens with zero attached hydrogens (tertiary/aromatic N) is 3. The molecule has 1 aromatic rings. The highest BCUT2D eigenvalue weighted by atomic mass is 16.4. The van der Waals surface area contributed by atoms with Crippen molar-refractivity contribution < 1.29 is 9.21 Å². The molecule has 0 fully saturated rings. The fourth-order valence-electron chi connectivity index (χ4n) is 1.17. The largest absolute Gasteiger partial charge is 0.407 e. The van der Waals surface area contributed by atoms with Crippen molar-refractivity contribution >= 4 is 11.9 Å². The molecule has 18 heavy (non-hydrogen) atoms. The summed E-state index contributed by atoms with van der Waals surface area (Å²) in [5.41, 5.74) is -0.0113. The average molecular weight is 255 g/mol. The maximum absolute atomic E-state index is 11.2. The molecule has 2 N–H and O–H groups in total. The van der Waals surface area contributed by atoms with Gasteiger partial charge in [-0.05, 0) is 20.8 Å². The van der Waals surface area contributed by atoms with Gasteiger partial charge in [-0.2, -0.15) is 0 Å². The van der Waals surface area contributed by atoms with E-state index in [1.54, 1.807) is 19.0 Å². The summed E-state index contributed by atoms with van der Waals surface area (Å²) in [5.74, 6) is 0.397. The second-order valence-corrected chi connectivity index (χ2v) is 5.11. The fraction of sp³-hybridized carbons (Fsp3) is 0.727. The second kappa shape index (κ2) is 5.81. The van der Waals surface area contributed by atoms with Crippen molar-refractivity contribution in [2.24, 2.45) is 0 Å². The second-order valence-electron chi connectivity index (χ2n) is 5.11. The lowest BCUT2D eigenvalue weighted by Crippen LogP contribution is -2.35. The molecule has 1 aromatic heterocycles. The Labute approximate surface area is 107 Å². The highest BCUT2D eigenvalue weighted by molar-refractivity contribution is 5.80. The van der Waals surface area contributed by atoms with Gasteiger partial charge in [0, 0.05) is 19.6 Å². The first-order chi connectivity index (χ1) is 8.31. The molecule has 7 heteroatoms. The summed E-state index contributed by atoms with van der Waals surface area (Å²) in [6.07, 6.45) is 0. The minimum atomic E-state index is -0.106. The van der Waals surface area contributed by atoms with Crippen molar-refractivity contribution in [3.05, 3.63) is 5.89 Å². The van der Waals surface area contributed by atoms with Gasteiger partial charge in [0.15, 0.2) is 0 Å². The highest BCUT2D eigenvalue weighted by Crippen LogP contribution is 2.10. The lowest BCUT2D eigenvalue weighted by molar-refractivity contribution is -0.119. The van der Waals surface area contributed by atoms with Crippen LogP contribution in [0.3, 0.4) is 0 Å². The van der Waals surface area contributed by atoms with Gasteiger partial charge in [0.1, 0.15) is 6.54 Å². The normalized spacial score (nSPS) is 11.4. The molecule has 1 amide bonds. The molecule has 0 aliphatic carbocycles. The number of anilines is 1. The van der Waals surface area contributed by atoms with Crippen molar-refractivity contribution in [3.63, 3.8) is 0 Å². The van der Waals surface area contributed by atoms with E-state index in [0.29, 0.717) is 18.5 Å². The number of carbonyl (C=O) groups is 1. The first kappa shape index (κ1) is 14.4. The summed E-state index contributed by atoms with van der Waals surface area (Å²) >= 11 is 0. The van der Waals surface area contributed by atoms with Crippen molar-refractivity contribution in [2.45, 2.75) is 32.9 Å². The molecule has 0 aliphatic rings. The van der Waals surface area contributed by atoms with Gasteiger partial charge >= 0.3 is 6.01 Å². The third-order valence-corrected chi connectivity index (χ3v) is 2.21. The minimum Gasteiger partial charge on any atom is -0.407 e. The first-order valence-electron chi connectivity index (χ1n) is 5.81. The van der Waals surface area contributed by atoms with E-state index in [1.807, 2.05) is 0 Å². The topological polar surface area (TPSA) is 83.3 Å². The van der Waals surface area contributed by atoms with Crippen LogP contribution >= 0.6 is 0 Å². The summed E-state index contributed by atoms with van der Waals surface area (Å²) < 4.78 is 5.45. The Morgan fingerprint density at radius 3 is 2.61 bits per heavy atom. The van der Waals surface area contributed by atoms with Crippen LogP contribution in [0.1, 0.15) is 26.7 Å². The molecular formula is C11H21N5O2. The van der Waals surface area contributed by atoms with E-state index in [2.05, 4.69) is 41.6 Å². The molecule has 0 radical (unpaired) electrons. The first-order valence-corrected chi connectivity index (χ1v) is 5.81. The van der Waals surface area contributed by atoms with Crippen molar-refractivity contribution in [2.75, 3.05) is 25.5 Å². The maximum atomic E-state index is 11.2. The molecule has 7 nitrogen and oxygen atoms in total. The zero-order chi connectivity index (χ0) is 13.8. The van der Waals surface area contributed by atoms with Gasteiger partial charge < -0.3 is 20.0 Å². The Balaban J connectivity index is 2.54. The van der Waals surface area contributed by atoms with E-state index >= 15 is 0 Å². The number of carbonyl (C=O) groups excluding carboxylic acids is 1. The molecule has 0 unspecified atom stereocenters. The van der Waals surface area contributed by atoms with Gasteiger partial charge in [0.2, 0.25) is 11.8 Å². The number of amides is 1. The smallest absolute Gasteiger partial charge is 0.318 e. The Kier molecular flexibility index (Phi) is 4.66. The molecule has 1 rings (SSSR count). The minimum absolute atomic E-state index is 0.0113. The summed E-state index contributed by atoms with van der Waals surface area (Å²) in [6.45, 7) is 6.86. The van der Waals surface area contributed by atoms with E-state index < -0.39 is 0 Å². The Bertz CT molecular complexity index is 396. The number of nitrogens with one attached hydrogen (secondary N) is 2. The Morgan fingerprint density at radius 2 is 2.06 bits per heavy atom. The lowest BCUT2D eigenvalue weighted by Gasteiger charge is -2.18. The quantitative estimate of drug-likeness (QED) is 0.778. The van der Waals surface area contributed by atoms with Crippen LogP contribution in [0.2, 0.25) is 0 Å². The average Bonchev–Trinajstić information content (AvgIpc) is 2.74. The summed E-state index contributed by atoms with van der Waals surface area (Å²) in [6, 6.07) is 0.337. The van der Waals surface area contributed by atoms with Crippen LogP contribution in [0.25, 0.3) is 0 Å². The van der Waals surface area contributed by atoms with Crippen molar-refractivity contribution in [1.29, 1.82) is 0 Å². The van der Waals surface area contributed by atoms with Crippen LogP contribution in [0, 0.1) is 0 Å². The van der Waals surface area contributed by atoms with Crippen LogP contribution in [0.5, 0.6) is 0 Å². The summed E-state index contributed by atoms with van der Waals surface area (Å²) in [5, 5.41) is 13.6. The standard InChI is InChI=1S/C11H21N5O2/c1-11(2,3)13-6-9-14-15-10(18-9)16(5)7-8(17)12-4/h13H,6-7H2,1-5H3,(H,12,17). The van der Waals surface area contributed by atoms with Gasteiger partial charge in [-0.25, -0.2) is 0 Å². The number of hydrogen-bond acceptors (Lipinski definition) is 6. The van der Waals surface area contributed by atoms with Crippen LogP contribution in [0.4, 0.5) is 6.01 Å². The molecule has 0 bridgehead atoms. The molecule has 0 saturated carbocycles. The van der Waals surface area contributed by atoms with Crippen molar-refractivity contribution in [1.82, 2.24) is 20.8 Å². The molecule has 102 valence electrons. The number of aromatic nitrogens is 2. The highest BCUT2D eigenvalue weighted by Gasteiger charge is 2.15. The number of likely N-dealkylation sites (N-methyl/N-ethyl adjacent to an activating group) is 2. The van der Waals surface area contributed by atoms with Gasteiger partial charge in [0.05, 0.1) is 6.54 Å². The van der Waals surface area contributed by atoms with Crippen LogP contribution in [-0.4, -0.2) is 42.3 Å². The van der Waals surface area contributed by atoms with Crippen LogP contribution in [0.15, 0.2) is 4.42 Å². The van der Waals surface area contributed by atoms with Crippen LogP contribution < -0.4 is 15.5 Å². The molecular weight excluding hydrogens is 234 g/mol. The SMILES string of the molecule is CNC(=O)CN(C)c1nnc(CNC(C)(C)C)o1. The van der Waals surface area contributed by atoms with Crippen molar-refractivity contribution in [3.8, 4) is 0 Å². The molecule has 0 spiro atoms. The zero-order valence-corrected chi connectivity index (χ0v) is 11.6.